The van der Waals surface area contributed by atoms with Crippen LogP contribution in [0.3, 0.4) is 0 Å². The molecule has 1 aliphatic heterocycles. The minimum Gasteiger partial charge on any atom is -0.379 e. The van der Waals surface area contributed by atoms with Crippen molar-refractivity contribution in [2.24, 2.45) is 5.10 Å². The Morgan fingerprint density at radius 3 is 2.59 bits per heavy atom. The maximum absolute atomic E-state index is 13.0. The summed E-state index contributed by atoms with van der Waals surface area (Å²) >= 11 is 1.41. The number of sulfonamides is 1. The van der Waals surface area contributed by atoms with E-state index in [2.05, 4.69) is 46.4 Å². The van der Waals surface area contributed by atoms with Crippen molar-refractivity contribution in [1.82, 2.24) is 9.29 Å². The van der Waals surface area contributed by atoms with Gasteiger partial charge in [0, 0.05) is 42.8 Å². The summed E-state index contributed by atoms with van der Waals surface area (Å²) in [5.74, 6) is 0. The molecule has 1 aliphatic rings. The van der Waals surface area contributed by atoms with Gasteiger partial charge in [0.05, 0.1) is 30.0 Å². The molecule has 0 saturated carbocycles. The van der Waals surface area contributed by atoms with Crippen LogP contribution in [0, 0.1) is 0 Å². The highest BCUT2D eigenvalue weighted by atomic mass is 32.2. The zero-order valence-corrected chi connectivity index (χ0v) is 21.0. The molecule has 180 valence electrons. The molecule has 1 saturated heterocycles. The third-order valence-corrected chi connectivity index (χ3v) is 8.28. The Morgan fingerprint density at radius 2 is 1.88 bits per heavy atom. The second-order valence-electron chi connectivity index (χ2n) is 7.72. The average Bonchev–Trinajstić information content (AvgIpc) is 3.35. The molecule has 0 amide bonds. The van der Waals surface area contributed by atoms with Gasteiger partial charge in [-0.05, 0) is 43.7 Å². The van der Waals surface area contributed by atoms with Crippen molar-refractivity contribution in [3.8, 4) is 11.3 Å². The number of nitrogens with one attached hydrogen (secondary N) is 1. The predicted octanol–water partition coefficient (Wildman–Crippen LogP) is 4.12. The van der Waals surface area contributed by atoms with E-state index >= 15 is 0 Å². The van der Waals surface area contributed by atoms with Gasteiger partial charge in [-0.1, -0.05) is 24.3 Å². The first-order valence-electron chi connectivity index (χ1n) is 11.3. The van der Waals surface area contributed by atoms with Gasteiger partial charge in [-0.25, -0.2) is 13.4 Å². The first-order chi connectivity index (χ1) is 16.5. The largest absolute Gasteiger partial charge is 0.379 e. The summed E-state index contributed by atoms with van der Waals surface area (Å²) in [6.07, 6.45) is 1.75. The number of ether oxygens (including phenoxy) is 1. The van der Waals surface area contributed by atoms with Gasteiger partial charge in [-0.2, -0.15) is 9.41 Å². The van der Waals surface area contributed by atoms with Crippen LogP contribution in [0.1, 0.15) is 19.4 Å². The van der Waals surface area contributed by atoms with Gasteiger partial charge in [-0.15, -0.1) is 11.3 Å². The van der Waals surface area contributed by atoms with E-state index in [9.17, 15) is 8.42 Å². The molecule has 0 radical (unpaired) electrons. The minimum absolute atomic E-state index is 0.264. The Bertz CT molecular complexity index is 1220. The molecule has 0 bridgehead atoms. The molecule has 4 rings (SSSR count). The van der Waals surface area contributed by atoms with Gasteiger partial charge < -0.3 is 9.64 Å². The van der Waals surface area contributed by atoms with Crippen LogP contribution in [-0.2, 0) is 14.8 Å². The topological polar surface area (TPSA) is 87.1 Å². The number of hydrogen-bond donors (Lipinski definition) is 1. The number of nitrogens with zero attached hydrogens (tertiary/aromatic N) is 4. The number of morpholine rings is 1. The first-order valence-corrected chi connectivity index (χ1v) is 13.6. The summed E-state index contributed by atoms with van der Waals surface area (Å²) in [4.78, 5) is 7.12. The Balaban J connectivity index is 1.42. The normalized spacial score (nSPS) is 15.0. The number of benzene rings is 2. The summed E-state index contributed by atoms with van der Waals surface area (Å²) in [7, 11) is -3.56. The minimum atomic E-state index is -3.56. The maximum Gasteiger partial charge on any atom is 0.243 e. The lowest BCUT2D eigenvalue weighted by Crippen LogP contribution is -2.40. The molecular formula is C24H29N5O3S2. The van der Waals surface area contributed by atoms with Crippen LogP contribution < -0.4 is 10.3 Å². The average molecular weight is 500 g/mol. The molecule has 10 heteroatoms. The van der Waals surface area contributed by atoms with Gasteiger partial charge in [0.1, 0.15) is 0 Å². The molecule has 3 aromatic rings. The Morgan fingerprint density at radius 1 is 1.15 bits per heavy atom. The van der Waals surface area contributed by atoms with Crippen molar-refractivity contribution in [2.45, 2.75) is 18.7 Å². The van der Waals surface area contributed by atoms with Crippen molar-refractivity contribution in [3.05, 3.63) is 59.5 Å². The summed E-state index contributed by atoms with van der Waals surface area (Å²) in [6.45, 7) is 7.80. The van der Waals surface area contributed by atoms with Crippen molar-refractivity contribution in [3.63, 3.8) is 0 Å². The Labute approximate surface area is 204 Å². The zero-order chi connectivity index (χ0) is 24.0. The molecule has 34 heavy (non-hydrogen) atoms. The predicted molar refractivity (Wildman–Crippen MR) is 138 cm³/mol. The lowest BCUT2D eigenvalue weighted by molar-refractivity contribution is 0.0730. The van der Waals surface area contributed by atoms with Crippen LogP contribution in [0.4, 0.5) is 10.8 Å². The third kappa shape index (κ3) is 5.64. The van der Waals surface area contributed by atoms with E-state index in [1.54, 1.807) is 24.4 Å². The fourth-order valence-corrected chi connectivity index (χ4v) is 5.85. The fourth-order valence-electron chi connectivity index (χ4n) is 3.73. The summed E-state index contributed by atoms with van der Waals surface area (Å²) in [6, 6.07) is 15.1. The van der Waals surface area contributed by atoms with Crippen molar-refractivity contribution < 1.29 is 13.2 Å². The quantitative estimate of drug-likeness (QED) is 0.352. The molecule has 1 aromatic heterocycles. The van der Waals surface area contributed by atoms with Crippen molar-refractivity contribution >= 4 is 38.4 Å². The first kappa shape index (κ1) is 24.3. The molecule has 1 N–H and O–H groups in total. The molecule has 8 nitrogen and oxygen atoms in total. The molecule has 2 heterocycles. The second-order valence-corrected chi connectivity index (χ2v) is 10.5. The smallest absolute Gasteiger partial charge is 0.243 e. The summed E-state index contributed by atoms with van der Waals surface area (Å²) in [5, 5.41) is 6.81. The molecule has 0 aliphatic carbocycles. The van der Waals surface area contributed by atoms with Crippen LogP contribution in [0.5, 0.6) is 0 Å². The second kappa shape index (κ2) is 11.1. The zero-order valence-electron chi connectivity index (χ0n) is 19.3. The third-order valence-electron chi connectivity index (χ3n) is 5.64. The molecule has 1 fully saturated rings. The lowest BCUT2D eigenvalue weighted by Gasteiger charge is -2.26. The number of hydrazone groups is 1. The van der Waals surface area contributed by atoms with E-state index < -0.39 is 10.0 Å². The van der Waals surface area contributed by atoms with Crippen LogP contribution in [0.2, 0.25) is 0 Å². The van der Waals surface area contributed by atoms with E-state index in [-0.39, 0.29) is 4.90 Å². The van der Waals surface area contributed by atoms with Gasteiger partial charge in [-0.3, -0.25) is 5.43 Å². The molecular weight excluding hydrogens is 470 g/mol. The molecule has 0 atom stereocenters. The fraction of sp³-hybridized carbons (Fsp3) is 0.333. The number of anilines is 2. The molecule has 0 spiro atoms. The van der Waals surface area contributed by atoms with Gasteiger partial charge in [0.15, 0.2) is 0 Å². The Kier molecular flexibility index (Phi) is 7.94. The van der Waals surface area contributed by atoms with Crippen LogP contribution in [0.15, 0.2) is 63.9 Å². The van der Waals surface area contributed by atoms with E-state index in [1.807, 2.05) is 23.6 Å². The highest BCUT2D eigenvalue weighted by molar-refractivity contribution is 7.89. The lowest BCUT2D eigenvalue weighted by atomic mass is 10.2. The van der Waals surface area contributed by atoms with Gasteiger partial charge in [0.2, 0.25) is 15.2 Å². The summed E-state index contributed by atoms with van der Waals surface area (Å²) in [5.41, 5.74) is 6.59. The van der Waals surface area contributed by atoms with E-state index in [1.165, 1.54) is 21.3 Å². The van der Waals surface area contributed by atoms with E-state index in [0.717, 1.165) is 24.2 Å². The maximum atomic E-state index is 13.0. The number of thiazole rings is 1. The number of aromatic nitrogens is 1. The van der Waals surface area contributed by atoms with E-state index in [0.29, 0.717) is 37.1 Å². The highest BCUT2D eigenvalue weighted by Gasteiger charge is 2.26. The monoisotopic (exact) mass is 499 g/mol. The van der Waals surface area contributed by atoms with Crippen molar-refractivity contribution in [2.75, 3.05) is 49.7 Å². The van der Waals surface area contributed by atoms with Crippen LogP contribution in [-0.4, -0.2) is 63.3 Å². The highest BCUT2D eigenvalue weighted by Crippen LogP contribution is 2.28. The molecule has 2 aromatic carbocycles. The van der Waals surface area contributed by atoms with Crippen LogP contribution in [0.25, 0.3) is 11.3 Å². The summed E-state index contributed by atoms with van der Waals surface area (Å²) < 4.78 is 32.7. The Hall–Kier alpha value is -2.79. The van der Waals surface area contributed by atoms with E-state index in [4.69, 9.17) is 4.74 Å². The number of hydrogen-bond acceptors (Lipinski definition) is 8. The SMILES string of the molecule is CCN(CC)c1ccc(/C=N/Nc2nc(-c3cccc(S(=O)(=O)N4CCOCC4)c3)cs2)cc1. The van der Waals surface area contributed by atoms with Crippen LogP contribution >= 0.6 is 11.3 Å². The van der Waals surface area contributed by atoms with Gasteiger partial charge >= 0.3 is 0 Å². The standard InChI is InChI=1S/C24H29N5O3S2/c1-3-28(4-2)21-10-8-19(9-11-21)17-25-27-24-26-23(18-33-24)20-6-5-7-22(16-20)34(30,31)29-12-14-32-15-13-29/h5-11,16-18H,3-4,12-15H2,1-2H3,(H,26,27)/b25-17+. The van der Waals surface area contributed by atoms with Gasteiger partial charge in [0.25, 0.3) is 0 Å². The van der Waals surface area contributed by atoms with Crippen molar-refractivity contribution in [1.29, 1.82) is 0 Å². The molecule has 0 unspecified atom stereocenters. The number of rotatable bonds is 9.